The van der Waals surface area contributed by atoms with Crippen molar-refractivity contribution in [1.82, 2.24) is 0 Å². The van der Waals surface area contributed by atoms with Crippen molar-refractivity contribution in [3.8, 4) is 0 Å². The number of rotatable bonds is 12. The van der Waals surface area contributed by atoms with Crippen molar-refractivity contribution in [3.05, 3.63) is 50.6 Å². The van der Waals surface area contributed by atoms with Crippen molar-refractivity contribution < 1.29 is 0 Å². The summed E-state index contributed by atoms with van der Waals surface area (Å²) in [5, 5.41) is 0. The molecular formula is C18H32. The summed E-state index contributed by atoms with van der Waals surface area (Å²) in [6.07, 6.45) is 20.4. The highest BCUT2D eigenvalue weighted by molar-refractivity contribution is 4.69. The Bertz CT molecular complexity index is 166. The van der Waals surface area contributed by atoms with Crippen molar-refractivity contribution in [1.29, 1.82) is 0 Å². The largest absolute Gasteiger partial charge is 0.103 e. The first-order chi connectivity index (χ1) is 8.83. The van der Waals surface area contributed by atoms with Gasteiger partial charge in [0.05, 0.1) is 0 Å². The fourth-order valence-electron chi connectivity index (χ4n) is 1.51. The summed E-state index contributed by atoms with van der Waals surface area (Å²) in [6, 6.07) is 0. The first-order valence-corrected chi connectivity index (χ1v) is 7.27. The van der Waals surface area contributed by atoms with Gasteiger partial charge in [0.1, 0.15) is 0 Å². The second kappa shape index (κ2) is 21.3. The molecule has 0 N–H and O–H groups in total. The zero-order valence-electron chi connectivity index (χ0n) is 12.2. The maximum atomic E-state index is 3.68. The third kappa shape index (κ3) is 24.3. The molecule has 0 aromatic heterocycles. The summed E-state index contributed by atoms with van der Waals surface area (Å²) in [5.74, 6) is 0. The predicted molar refractivity (Wildman–Crippen MR) is 87.0 cm³/mol. The lowest BCUT2D eigenvalue weighted by Gasteiger charge is -1.95. The number of allylic oxidation sites excluding steroid dienone is 4. The Hall–Kier alpha value is -1.04. The molecule has 0 spiro atoms. The lowest BCUT2D eigenvalue weighted by atomic mass is 10.1. The quantitative estimate of drug-likeness (QED) is 0.269. The molecule has 0 nitrogen and oxygen atoms in total. The van der Waals surface area contributed by atoms with E-state index in [1.807, 2.05) is 24.3 Å². The van der Waals surface area contributed by atoms with E-state index in [9.17, 15) is 0 Å². The van der Waals surface area contributed by atoms with Crippen LogP contribution in [0.3, 0.4) is 0 Å². The molecule has 0 heteroatoms. The Morgan fingerprint density at radius 2 is 0.611 bits per heavy atom. The van der Waals surface area contributed by atoms with Crippen molar-refractivity contribution in [2.24, 2.45) is 0 Å². The van der Waals surface area contributed by atoms with Crippen LogP contribution in [0.4, 0.5) is 0 Å². The summed E-state index contributed by atoms with van der Waals surface area (Å²) in [4.78, 5) is 0. The van der Waals surface area contributed by atoms with E-state index in [2.05, 4.69) is 26.3 Å². The normalized spacial score (nSPS) is 8.89. The summed E-state index contributed by atoms with van der Waals surface area (Å²) in [7, 11) is 0. The van der Waals surface area contributed by atoms with Crippen LogP contribution in [0.2, 0.25) is 0 Å². The predicted octanol–water partition coefficient (Wildman–Crippen LogP) is 6.62. The van der Waals surface area contributed by atoms with Crippen LogP contribution in [0.5, 0.6) is 0 Å². The fourth-order valence-corrected chi connectivity index (χ4v) is 1.51. The minimum absolute atomic E-state index is 1.15. The second-order valence-corrected chi connectivity index (χ2v) is 4.43. The molecule has 18 heavy (non-hydrogen) atoms. The Labute approximate surface area is 115 Å². The molecule has 0 aromatic rings. The third-order valence-electron chi connectivity index (χ3n) is 2.63. The average Bonchev–Trinajstić information content (AvgIpc) is 2.40. The second-order valence-electron chi connectivity index (χ2n) is 4.43. The summed E-state index contributed by atoms with van der Waals surface area (Å²) < 4.78 is 0. The molecule has 0 aliphatic rings. The number of hydrogen-bond acceptors (Lipinski definition) is 0. The molecule has 0 unspecified atom stereocenters. The highest BCUT2D eigenvalue weighted by Crippen LogP contribution is 2.05. The molecule has 0 rings (SSSR count). The van der Waals surface area contributed by atoms with Gasteiger partial charge in [-0.1, -0.05) is 37.1 Å². The standard InChI is InChI=1S/C10H18.C8H14/c1-3-5-7-9-10-8-6-4-2;1-3-5-7-8-6-4-2/h3-4H,1-2,5-10H2;3-4H,1-2,5-8H2. The number of unbranched alkanes of at least 4 members (excludes halogenated alkanes) is 8. The van der Waals surface area contributed by atoms with E-state index in [0.717, 1.165) is 12.8 Å². The summed E-state index contributed by atoms with van der Waals surface area (Å²) >= 11 is 0. The van der Waals surface area contributed by atoms with E-state index >= 15 is 0 Å². The Balaban J connectivity index is 0. The smallest absolute Gasteiger partial charge is 0.0353 e. The van der Waals surface area contributed by atoms with E-state index < -0.39 is 0 Å². The van der Waals surface area contributed by atoms with Gasteiger partial charge in [-0.25, -0.2) is 0 Å². The van der Waals surface area contributed by atoms with Crippen molar-refractivity contribution >= 4 is 0 Å². The Morgan fingerprint density at radius 1 is 0.389 bits per heavy atom. The van der Waals surface area contributed by atoms with Gasteiger partial charge in [0.2, 0.25) is 0 Å². The van der Waals surface area contributed by atoms with Gasteiger partial charge in [-0.05, 0) is 51.4 Å². The van der Waals surface area contributed by atoms with Gasteiger partial charge in [-0.3, -0.25) is 0 Å². The fraction of sp³-hybridized carbons (Fsp3) is 0.556. The maximum Gasteiger partial charge on any atom is -0.0353 e. The molecule has 0 amide bonds. The first-order valence-electron chi connectivity index (χ1n) is 7.27. The summed E-state index contributed by atoms with van der Waals surface area (Å²) in [6.45, 7) is 14.6. The van der Waals surface area contributed by atoms with Crippen molar-refractivity contribution in [3.63, 3.8) is 0 Å². The Morgan fingerprint density at radius 3 is 0.833 bits per heavy atom. The zero-order chi connectivity index (χ0) is 13.9. The van der Waals surface area contributed by atoms with Gasteiger partial charge >= 0.3 is 0 Å². The van der Waals surface area contributed by atoms with E-state index in [-0.39, 0.29) is 0 Å². The van der Waals surface area contributed by atoms with Gasteiger partial charge in [-0.2, -0.15) is 0 Å². The average molecular weight is 248 g/mol. The van der Waals surface area contributed by atoms with E-state index in [0.29, 0.717) is 0 Å². The summed E-state index contributed by atoms with van der Waals surface area (Å²) in [5.41, 5.74) is 0. The molecule has 0 atom stereocenters. The molecule has 0 saturated carbocycles. The highest BCUT2D eigenvalue weighted by atomic mass is 13.9. The molecule has 104 valence electrons. The van der Waals surface area contributed by atoms with Crippen molar-refractivity contribution in [2.75, 3.05) is 0 Å². The highest BCUT2D eigenvalue weighted by Gasteiger charge is 1.85. The first kappa shape index (κ1) is 19.3. The van der Waals surface area contributed by atoms with Gasteiger partial charge < -0.3 is 0 Å². The van der Waals surface area contributed by atoms with Crippen LogP contribution in [-0.2, 0) is 0 Å². The maximum absolute atomic E-state index is 3.68. The lowest BCUT2D eigenvalue weighted by Crippen LogP contribution is -1.75. The molecule has 0 aliphatic heterocycles. The van der Waals surface area contributed by atoms with Gasteiger partial charge in [0.15, 0.2) is 0 Å². The molecule has 0 saturated heterocycles. The molecule has 0 aliphatic carbocycles. The lowest BCUT2D eigenvalue weighted by molar-refractivity contribution is 0.653. The molecular weight excluding hydrogens is 216 g/mol. The van der Waals surface area contributed by atoms with E-state index in [4.69, 9.17) is 0 Å². The van der Waals surface area contributed by atoms with Crippen LogP contribution in [-0.4, -0.2) is 0 Å². The minimum atomic E-state index is 1.15. The molecule has 0 aromatic carbocycles. The van der Waals surface area contributed by atoms with Crippen LogP contribution in [0, 0.1) is 0 Å². The SMILES string of the molecule is C=CCCCCC=C.C=CCCCCCCC=C. The third-order valence-corrected chi connectivity index (χ3v) is 2.63. The van der Waals surface area contributed by atoms with Crippen LogP contribution < -0.4 is 0 Å². The zero-order valence-corrected chi connectivity index (χ0v) is 12.2. The van der Waals surface area contributed by atoms with Gasteiger partial charge in [0, 0.05) is 0 Å². The van der Waals surface area contributed by atoms with Crippen LogP contribution in [0.15, 0.2) is 50.6 Å². The van der Waals surface area contributed by atoms with Crippen LogP contribution >= 0.6 is 0 Å². The topological polar surface area (TPSA) is 0 Å². The Kier molecular flexibility index (Phi) is 22.8. The van der Waals surface area contributed by atoms with Gasteiger partial charge in [0.25, 0.3) is 0 Å². The van der Waals surface area contributed by atoms with Crippen LogP contribution in [0.25, 0.3) is 0 Å². The molecule has 0 radical (unpaired) electrons. The minimum Gasteiger partial charge on any atom is -0.103 e. The molecule has 0 heterocycles. The van der Waals surface area contributed by atoms with Gasteiger partial charge in [-0.15, -0.1) is 26.3 Å². The van der Waals surface area contributed by atoms with Crippen LogP contribution in [0.1, 0.15) is 64.2 Å². The molecule has 0 fully saturated rings. The monoisotopic (exact) mass is 248 g/mol. The van der Waals surface area contributed by atoms with E-state index in [1.54, 1.807) is 0 Å². The van der Waals surface area contributed by atoms with Crippen molar-refractivity contribution in [2.45, 2.75) is 64.2 Å². The van der Waals surface area contributed by atoms with E-state index in [1.165, 1.54) is 51.4 Å². The number of hydrogen-bond donors (Lipinski definition) is 0. The molecule has 0 bridgehead atoms.